The molecule has 1 saturated heterocycles. The lowest BCUT2D eigenvalue weighted by atomic mass is 9.99. The van der Waals surface area contributed by atoms with Crippen LogP contribution in [0.1, 0.15) is 50.6 Å². The van der Waals surface area contributed by atoms with Gasteiger partial charge in [-0.15, -0.1) is 11.8 Å². The van der Waals surface area contributed by atoms with E-state index in [-0.39, 0.29) is 17.9 Å². The molecule has 4 nitrogen and oxygen atoms in total. The van der Waals surface area contributed by atoms with Crippen LogP contribution in [0.4, 0.5) is 9.18 Å². The van der Waals surface area contributed by atoms with Crippen LogP contribution in [-0.2, 0) is 0 Å². The minimum absolute atomic E-state index is 0.0997. The average Bonchev–Trinajstić information content (AvgIpc) is 2.63. The number of piperidine rings is 1. The number of hydrogen-bond acceptors (Lipinski definition) is 3. The number of hydrogen-bond donors (Lipinski definition) is 2. The number of likely N-dealkylation sites (tertiary alicyclic amines) is 1. The summed E-state index contributed by atoms with van der Waals surface area (Å²) in [6.45, 7) is 6.57. The number of carbonyl (C=O) groups excluding carboxylic acids is 1. The van der Waals surface area contributed by atoms with Gasteiger partial charge in [-0.3, -0.25) is 0 Å². The van der Waals surface area contributed by atoms with Crippen LogP contribution in [0, 0.1) is 11.7 Å². The Morgan fingerprint density at radius 1 is 1.27 bits per heavy atom. The minimum Gasteiger partial charge on any atom is -0.338 e. The van der Waals surface area contributed by atoms with Crippen LogP contribution >= 0.6 is 11.8 Å². The van der Waals surface area contributed by atoms with E-state index in [2.05, 4.69) is 22.5 Å². The first-order valence-electron chi connectivity index (χ1n) is 9.81. The monoisotopic (exact) mass is 379 g/mol. The Kier molecular flexibility index (Phi) is 7.20. The highest BCUT2D eigenvalue weighted by Crippen LogP contribution is 2.36. The summed E-state index contributed by atoms with van der Waals surface area (Å²) in [6, 6.07) is 4.59. The predicted molar refractivity (Wildman–Crippen MR) is 105 cm³/mol. The van der Waals surface area contributed by atoms with Crippen molar-refractivity contribution in [3.05, 3.63) is 29.6 Å². The second-order valence-electron chi connectivity index (χ2n) is 7.50. The first-order valence-corrected chi connectivity index (χ1v) is 10.8. The van der Waals surface area contributed by atoms with Gasteiger partial charge in [-0.05, 0) is 81.4 Å². The molecule has 2 aliphatic heterocycles. The Morgan fingerprint density at radius 3 is 2.88 bits per heavy atom. The molecule has 0 aliphatic carbocycles. The summed E-state index contributed by atoms with van der Waals surface area (Å²) >= 11 is 1.72. The van der Waals surface area contributed by atoms with Crippen molar-refractivity contribution in [3.63, 3.8) is 0 Å². The van der Waals surface area contributed by atoms with Crippen LogP contribution in [0.5, 0.6) is 0 Å². The van der Waals surface area contributed by atoms with Crippen molar-refractivity contribution >= 4 is 17.8 Å². The van der Waals surface area contributed by atoms with Crippen LogP contribution in [0.2, 0.25) is 0 Å². The van der Waals surface area contributed by atoms with Gasteiger partial charge in [0.15, 0.2) is 0 Å². The molecule has 0 bridgehead atoms. The van der Waals surface area contributed by atoms with Crippen LogP contribution in [-0.4, -0.2) is 42.9 Å². The van der Waals surface area contributed by atoms with Crippen LogP contribution in [0.25, 0.3) is 0 Å². The zero-order valence-electron chi connectivity index (χ0n) is 15.6. The maximum absolute atomic E-state index is 13.5. The highest BCUT2D eigenvalue weighted by molar-refractivity contribution is 7.99. The molecule has 144 valence electrons. The smallest absolute Gasteiger partial charge is 0.315 e. The van der Waals surface area contributed by atoms with E-state index in [9.17, 15) is 9.18 Å². The molecule has 0 unspecified atom stereocenters. The number of carbonyl (C=O) groups is 1. The fraction of sp³-hybridized carbons (Fsp3) is 0.650. The number of urea groups is 1. The molecule has 2 aliphatic rings. The van der Waals surface area contributed by atoms with E-state index in [1.165, 1.54) is 32.0 Å². The maximum Gasteiger partial charge on any atom is 0.315 e. The number of fused-ring (bicyclic) bond motifs is 1. The van der Waals surface area contributed by atoms with Crippen molar-refractivity contribution < 1.29 is 9.18 Å². The molecule has 6 heteroatoms. The van der Waals surface area contributed by atoms with Crippen LogP contribution < -0.4 is 10.6 Å². The summed E-state index contributed by atoms with van der Waals surface area (Å²) in [5.41, 5.74) is 0.899. The highest BCUT2D eigenvalue weighted by atomic mass is 32.2. The lowest BCUT2D eigenvalue weighted by Gasteiger charge is -2.30. The molecular formula is C20H30FN3OS. The minimum atomic E-state index is -0.245. The second kappa shape index (κ2) is 9.60. The summed E-state index contributed by atoms with van der Waals surface area (Å²) in [4.78, 5) is 15.8. The quantitative estimate of drug-likeness (QED) is 0.729. The largest absolute Gasteiger partial charge is 0.338 e. The first-order chi connectivity index (χ1) is 12.6. The van der Waals surface area contributed by atoms with Crippen molar-refractivity contribution in [1.29, 1.82) is 0 Å². The number of halogens is 1. The molecule has 2 heterocycles. The van der Waals surface area contributed by atoms with Gasteiger partial charge in [0.25, 0.3) is 0 Å². The Bertz CT molecular complexity index is 605. The lowest BCUT2D eigenvalue weighted by molar-refractivity contribution is 0.189. The van der Waals surface area contributed by atoms with Gasteiger partial charge in [0.1, 0.15) is 5.82 Å². The summed E-state index contributed by atoms with van der Waals surface area (Å²) in [7, 11) is 0. The number of thioether (sulfide) groups is 1. The molecule has 1 fully saturated rings. The Balaban J connectivity index is 1.34. The number of unbranched alkanes of at least 4 members (excludes halogenated alkanes) is 1. The molecule has 0 radical (unpaired) electrons. The van der Waals surface area contributed by atoms with E-state index >= 15 is 0 Å². The third-order valence-corrected chi connectivity index (χ3v) is 6.50. The maximum atomic E-state index is 13.5. The van der Waals surface area contributed by atoms with Crippen LogP contribution in [0.3, 0.4) is 0 Å². The second-order valence-corrected chi connectivity index (χ2v) is 8.64. The van der Waals surface area contributed by atoms with E-state index in [0.717, 1.165) is 47.9 Å². The molecule has 1 aromatic carbocycles. The predicted octanol–water partition coefficient (Wildman–Crippen LogP) is 4.17. The van der Waals surface area contributed by atoms with E-state index in [1.54, 1.807) is 17.8 Å². The number of nitrogens with zero attached hydrogens (tertiary/aromatic N) is 1. The molecule has 0 spiro atoms. The topological polar surface area (TPSA) is 44.4 Å². The number of amides is 2. The molecule has 26 heavy (non-hydrogen) atoms. The van der Waals surface area contributed by atoms with E-state index in [1.807, 2.05) is 6.07 Å². The zero-order chi connectivity index (χ0) is 18.4. The van der Waals surface area contributed by atoms with Gasteiger partial charge in [0.2, 0.25) is 0 Å². The van der Waals surface area contributed by atoms with Gasteiger partial charge in [0.05, 0.1) is 6.04 Å². The van der Waals surface area contributed by atoms with Crippen molar-refractivity contribution in [3.8, 4) is 0 Å². The molecule has 2 N–H and O–H groups in total. The molecule has 3 rings (SSSR count). The van der Waals surface area contributed by atoms with Gasteiger partial charge in [-0.25, -0.2) is 9.18 Å². The number of rotatable bonds is 6. The fourth-order valence-corrected chi connectivity index (χ4v) is 4.78. The van der Waals surface area contributed by atoms with Crippen molar-refractivity contribution in [2.75, 3.05) is 31.9 Å². The third-order valence-electron chi connectivity index (χ3n) is 5.38. The van der Waals surface area contributed by atoms with E-state index < -0.39 is 0 Å². The summed E-state index contributed by atoms with van der Waals surface area (Å²) in [5, 5.41) is 5.96. The number of nitrogens with one attached hydrogen (secondary N) is 2. The van der Waals surface area contributed by atoms with E-state index in [4.69, 9.17) is 0 Å². The van der Waals surface area contributed by atoms with Gasteiger partial charge in [0, 0.05) is 17.2 Å². The van der Waals surface area contributed by atoms with Crippen molar-refractivity contribution in [1.82, 2.24) is 15.5 Å². The third kappa shape index (κ3) is 5.61. The average molecular weight is 380 g/mol. The molecular weight excluding hydrogens is 349 g/mol. The zero-order valence-corrected chi connectivity index (χ0v) is 16.4. The van der Waals surface area contributed by atoms with Gasteiger partial charge in [-0.1, -0.05) is 6.92 Å². The normalized spacial score (nSPS) is 21.2. The fourth-order valence-electron chi connectivity index (χ4n) is 3.67. The Hall–Kier alpha value is -1.27. The Morgan fingerprint density at radius 2 is 2.08 bits per heavy atom. The highest BCUT2D eigenvalue weighted by Gasteiger charge is 2.22. The van der Waals surface area contributed by atoms with E-state index in [0.29, 0.717) is 6.54 Å². The summed E-state index contributed by atoms with van der Waals surface area (Å²) < 4.78 is 13.5. The van der Waals surface area contributed by atoms with Crippen molar-refractivity contribution in [2.45, 2.75) is 50.0 Å². The van der Waals surface area contributed by atoms with Gasteiger partial charge >= 0.3 is 6.03 Å². The van der Waals surface area contributed by atoms with Crippen LogP contribution in [0.15, 0.2) is 23.1 Å². The molecule has 2 amide bonds. The van der Waals surface area contributed by atoms with Crippen molar-refractivity contribution in [2.24, 2.45) is 5.92 Å². The van der Waals surface area contributed by atoms with Gasteiger partial charge < -0.3 is 15.5 Å². The first kappa shape index (κ1) is 19.5. The summed E-state index contributed by atoms with van der Waals surface area (Å²) in [6.07, 6.45) is 5.56. The molecule has 0 aromatic heterocycles. The number of benzene rings is 1. The summed E-state index contributed by atoms with van der Waals surface area (Å²) in [5.74, 6) is 1.57. The molecule has 1 aromatic rings. The lowest BCUT2D eigenvalue weighted by Crippen LogP contribution is -2.39. The van der Waals surface area contributed by atoms with Gasteiger partial charge in [-0.2, -0.15) is 0 Å². The SMILES string of the molecule is CC1CCN(CCCCNC(=O)N[C@H]2CCSc3ccc(F)cc32)CC1. The Labute approximate surface area is 160 Å². The molecule has 1 atom stereocenters. The standard InChI is InChI=1S/C20H30FN3OS/c1-15-6-11-24(12-7-15)10-3-2-9-22-20(25)23-18-8-13-26-19-5-4-16(21)14-17(18)19/h4-5,14-15,18H,2-3,6-13H2,1H3,(H2,22,23,25)/t18-/m0/s1. The molecule has 0 saturated carbocycles.